The molecule has 2 heterocycles. The second kappa shape index (κ2) is 9.65. The van der Waals surface area contributed by atoms with Crippen LogP contribution in [0.15, 0.2) is 30.3 Å². The zero-order chi connectivity index (χ0) is 22.8. The minimum absolute atomic E-state index is 0.00309. The summed E-state index contributed by atoms with van der Waals surface area (Å²) in [5.41, 5.74) is 4.75. The zero-order valence-electron chi connectivity index (χ0n) is 18.4. The summed E-state index contributed by atoms with van der Waals surface area (Å²) >= 11 is 7.68. The monoisotopic (exact) mass is 474 g/mol. The lowest BCUT2D eigenvalue weighted by molar-refractivity contribution is -0.142. The first-order chi connectivity index (χ1) is 15.4. The van der Waals surface area contributed by atoms with E-state index >= 15 is 0 Å². The molecule has 0 bridgehead atoms. The number of benzene rings is 1. The van der Waals surface area contributed by atoms with E-state index in [1.165, 1.54) is 29.6 Å². The highest BCUT2D eigenvalue weighted by Gasteiger charge is 2.39. The van der Waals surface area contributed by atoms with E-state index in [9.17, 15) is 9.59 Å². The highest BCUT2D eigenvalue weighted by molar-refractivity contribution is 7.22. The molecule has 170 valence electrons. The molecule has 0 saturated carbocycles. The third-order valence-corrected chi connectivity index (χ3v) is 7.90. The normalized spacial score (nSPS) is 18.5. The van der Waals surface area contributed by atoms with Crippen LogP contribution in [0.3, 0.4) is 0 Å². The van der Waals surface area contributed by atoms with Gasteiger partial charge in [-0.1, -0.05) is 35.9 Å². The number of nitrogens with one attached hydrogen (secondary N) is 2. The number of aryl methyl sites for hydroxylation is 1. The molecular weight excluding hydrogens is 448 g/mol. The van der Waals surface area contributed by atoms with Crippen LogP contribution in [0.25, 0.3) is 10.2 Å². The van der Waals surface area contributed by atoms with Gasteiger partial charge in [-0.25, -0.2) is 0 Å². The summed E-state index contributed by atoms with van der Waals surface area (Å²) in [4.78, 5) is 28.6. The van der Waals surface area contributed by atoms with Crippen LogP contribution in [0.4, 0.5) is 0 Å². The summed E-state index contributed by atoms with van der Waals surface area (Å²) in [6.07, 6.45) is 1.70. The average Bonchev–Trinajstić information content (AvgIpc) is 3.43. The lowest BCUT2D eigenvalue weighted by atomic mass is 9.80. The number of fused-ring (bicyclic) bond motifs is 2. The van der Waals surface area contributed by atoms with Gasteiger partial charge in [-0.05, 0) is 42.9 Å². The maximum Gasteiger partial charge on any atom is 0.305 e. The molecule has 1 amide bonds. The Morgan fingerprint density at radius 1 is 1.31 bits per heavy atom. The van der Waals surface area contributed by atoms with E-state index < -0.39 is 0 Å². The second-order valence-electron chi connectivity index (χ2n) is 8.25. The predicted molar refractivity (Wildman–Crippen MR) is 127 cm³/mol. The Labute approximate surface area is 196 Å². The van der Waals surface area contributed by atoms with Gasteiger partial charge in [-0.15, -0.1) is 11.3 Å². The van der Waals surface area contributed by atoms with Crippen LogP contribution in [0.1, 0.15) is 45.9 Å². The number of rotatable bonds is 8. The molecule has 8 heteroatoms. The quantitative estimate of drug-likeness (QED) is 0.457. The molecule has 2 aromatic heterocycles. The molecule has 3 aromatic rings. The third-order valence-electron chi connectivity index (χ3n) is 6.36. The Hall–Kier alpha value is -2.35. The number of carbonyl (C=O) groups excluding carboxylic acids is 2. The Bertz CT molecular complexity index is 1140. The minimum Gasteiger partial charge on any atom is -0.469 e. The standard InChI is InChI=1S/C24H27ClN2O4S/c1-13-22-19(32-23(13)25)12-18(26-22)24(29)27-17-10-14-6-4-5-7-16(14)21(17)15(8-9-30-2)11-20(28)31-3/h4-7,12,15,17,21,26H,8-11H2,1-3H3,(H,27,29)/t15-,17?,21?/m0/s1. The third kappa shape index (κ3) is 4.42. The first kappa shape index (κ1) is 22.8. The second-order valence-corrected chi connectivity index (χ2v) is 9.91. The van der Waals surface area contributed by atoms with Gasteiger partial charge in [0.2, 0.25) is 0 Å². The van der Waals surface area contributed by atoms with Gasteiger partial charge < -0.3 is 19.8 Å². The van der Waals surface area contributed by atoms with Crippen molar-refractivity contribution < 1.29 is 19.1 Å². The Kier molecular flexibility index (Phi) is 6.88. The van der Waals surface area contributed by atoms with Gasteiger partial charge in [0, 0.05) is 37.7 Å². The van der Waals surface area contributed by atoms with Crippen LogP contribution in [-0.2, 0) is 20.7 Å². The number of methoxy groups -OCH3 is 2. The van der Waals surface area contributed by atoms with E-state index in [1.54, 1.807) is 7.11 Å². The maximum atomic E-state index is 13.2. The van der Waals surface area contributed by atoms with Crippen molar-refractivity contribution in [2.45, 2.75) is 38.1 Å². The van der Waals surface area contributed by atoms with Gasteiger partial charge >= 0.3 is 5.97 Å². The summed E-state index contributed by atoms with van der Waals surface area (Å²) < 4.78 is 12.0. The number of aromatic nitrogens is 1. The Balaban J connectivity index is 1.61. The molecule has 32 heavy (non-hydrogen) atoms. The predicted octanol–water partition coefficient (Wildman–Crippen LogP) is 4.85. The molecule has 2 N–H and O–H groups in total. The number of halogens is 1. The van der Waals surface area contributed by atoms with E-state index in [-0.39, 0.29) is 36.2 Å². The highest BCUT2D eigenvalue weighted by Crippen LogP contribution is 2.42. The van der Waals surface area contributed by atoms with Crippen LogP contribution in [0, 0.1) is 12.8 Å². The van der Waals surface area contributed by atoms with Crippen LogP contribution in [0.2, 0.25) is 4.34 Å². The topological polar surface area (TPSA) is 80.4 Å². The van der Waals surface area contributed by atoms with Crippen LogP contribution < -0.4 is 5.32 Å². The van der Waals surface area contributed by atoms with Gasteiger partial charge in [-0.3, -0.25) is 9.59 Å². The van der Waals surface area contributed by atoms with Gasteiger partial charge in [-0.2, -0.15) is 0 Å². The SMILES string of the molecule is COCC[C@@H](CC(=O)OC)C1c2ccccc2CC1NC(=O)c1cc2sc(Cl)c(C)c2[nH]1. The number of thiophene rings is 1. The summed E-state index contributed by atoms with van der Waals surface area (Å²) in [5, 5.41) is 3.23. The Morgan fingerprint density at radius 2 is 2.09 bits per heavy atom. The Morgan fingerprint density at radius 3 is 2.81 bits per heavy atom. The minimum atomic E-state index is -0.252. The van der Waals surface area contributed by atoms with E-state index in [4.69, 9.17) is 21.1 Å². The average molecular weight is 475 g/mol. The van der Waals surface area contributed by atoms with Crippen molar-refractivity contribution in [1.29, 1.82) is 0 Å². The van der Waals surface area contributed by atoms with E-state index in [1.807, 2.05) is 25.1 Å². The molecule has 1 aliphatic rings. The van der Waals surface area contributed by atoms with Crippen molar-refractivity contribution in [3.05, 3.63) is 57.1 Å². The van der Waals surface area contributed by atoms with Gasteiger partial charge in [0.05, 0.1) is 21.7 Å². The summed E-state index contributed by atoms with van der Waals surface area (Å²) in [6, 6.07) is 9.93. The summed E-state index contributed by atoms with van der Waals surface area (Å²) in [6.45, 7) is 2.48. The van der Waals surface area contributed by atoms with Crippen molar-refractivity contribution in [3.63, 3.8) is 0 Å². The fraction of sp³-hybridized carbons (Fsp3) is 0.417. The lowest BCUT2D eigenvalue weighted by Gasteiger charge is -2.29. The molecule has 2 unspecified atom stereocenters. The summed E-state index contributed by atoms with van der Waals surface area (Å²) in [7, 11) is 3.06. The maximum absolute atomic E-state index is 13.2. The number of amides is 1. The van der Waals surface area contributed by atoms with Gasteiger partial charge in [0.1, 0.15) is 5.69 Å². The molecule has 0 radical (unpaired) electrons. The number of aromatic amines is 1. The molecule has 4 rings (SSSR count). The molecule has 1 aliphatic carbocycles. The highest BCUT2D eigenvalue weighted by atomic mass is 35.5. The number of hydrogen-bond acceptors (Lipinski definition) is 5. The summed E-state index contributed by atoms with van der Waals surface area (Å²) in [5.74, 6) is -0.422. The largest absolute Gasteiger partial charge is 0.469 e. The van der Waals surface area contributed by atoms with Crippen molar-refractivity contribution in [2.75, 3.05) is 20.8 Å². The van der Waals surface area contributed by atoms with Crippen LogP contribution in [0.5, 0.6) is 0 Å². The molecule has 6 nitrogen and oxygen atoms in total. The van der Waals surface area contributed by atoms with Crippen LogP contribution >= 0.6 is 22.9 Å². The fourth-order valence-electron chi connectivity index (χ4n) is 4.76. The van der Waals surface area contributed by atoms with Crippen molar-refractivity contribution in [3.8, 4) is 0 Å². The number of hydrogen-bond donors (Lipinski definition) is 2. The van der Waals surface area contributed by atoms with Crippen molar-refractivity contribution >= 4 is 45.0 Å². The van der Waals surface area contributed by atoms with Gasteiger partial charge in [0.25, 0.3) is 5.91 Å². The van der Waals surface area contributed by atoms with Gasteiger partial charge in [0.15, 0.2) is 0 Å². The number of H-pyrrole nitrogens is 1. The molecule has 0 fully saturated rings. The van der Waals surface area contributed by atoms with E-state index in [0.29, 0.717) is 18.7 Å². The number of esters is 1. The molecule has 0 spiro atoms. The molecule has 0 aliphatic heterocycles. The molecular formula is C24H27ClN2O4S. The smallest absolute Gasteiger partial charge is 0.305 e. The zero-order valence-corrected chi connectivity index (χ0v) is 19.9. The first-order valence-electron chi connectivity index (χ1n) is 10.6. The van der Waals surface area contributed by atoms with Crippen molar-refractivity contribution in [1.82, 2.24) is 10.3 Å². The molecule has 0 saturated heterocycles. The van der Waals surface area contributed by atoms with E-state index in [2.05, 4.69) is 22.4 Å². The lowest BCUT2D eigenvalue weighted by Crippen LogP contribution is -2.41. The number of ether oxygens (including phenoxy) is 2. The van der Waals surface area contributed by atoms with Crippen molar-refractivity contribution in [2.24, 2.45) is 5.92 Å². The number of carbonyl (C=O) groups is 2. The van der Waals surface area contributed by atoms with E-state index in [0.717, 1.165) is 26.5 Å². The van der Waals surface area contributed by atoms with Crippen LogP contribution in [-0.4, -0.2) is 43.7 Å². The first-order valence-corrected chi connectivity index (χ1v) is 11.8. The molecule has 3 atom stereocenters. The molecule has 1 aromatic carbocycles. The fourth-order valence-corrected chi connectivity index (χ4v) is 6.03.